The average Bonchev–Trinajstić information content (AvgIpc) is 2.42. The molecule has 4 nitrogen and oxygen atoms in total. The van der Waals surface area contributed by atoms with Crippen LogP contribution in [0.4, 0.5) is 5.69 Å². The fourth-order valence-corrected chi connectivity index (χ4v) is 1.77. The van der Waals surface area contributed by atoms with E-state index in [9.17, 15) is 4.79 Å². The molecule has 2 aromatic carbocycles. The first kappa shape index (κ1) is 13.0. The summed E-state index contributed by atoms with van der Waals surface area (Å²) in [6.45, 7) is 1.92. The highest BCUT2D eigenvalue weighted by molar-refractivity contribution is 5.93. The molecular weight excluding hydrogens is 240 g/mol. The molecule has 0 spiro atoms. The van der Waals surface area contributed by atoms with Crippen molar-refractivity contribution in [1.82, 2.24) is 0 Å². The number of carbonyl (C=O) groups is 1. The fraction of sp³-hybridized carbons (Fsp3) is 0.133. The van der Waals surface area contributed by atoms with Crippen molar-refractivity contribution in [2.24, 2.45) is 5.73 Å². The number of carbonyl (C=O) groups excluding carboxylic acids is 1. The molecular formula is C15H16N2O2. The van der Waals surface area contributed by atoms with E-state index in [0.29, 0.717) is 17.0 Å². The number of anilines is 1. The second-order valence-corrected chi connectivity index (χ2v) is 4.29. The Morgan fingerprint density at radius 1 is 1.16 bits per heavy atom. The van der Waals surface area contributed by atoms with Crippen molar-refractivity contribution in [2.75, 3.05) is 5.73 Å². The van der Waals surface area contributed by atoms with Gasteiger partial charge in [-0.2, -0.15) is 0 Å². The van der Waals surface area contributed by atoms with E-state index >= 15 is 0 Å². The lowest BCUT2D eigenvalue weighted by Crippen LogP contribution is -2.12. The molecule has 4 N–H and O–H groups in total. The first-order valence-electron chi connectivity index (χ1n) is 5.99. The lowest BCUT2D eigenvalue weighted by molar-refractivity contribution is 0.0999. The van der Waals surface area contributed by atoms with Crippen molar-refractivity contribution in [3.05, 3.63) is 59.7 Å². The summed E-state index contributed by atoms with van der Waals surface area (Å²) < 4.78 is 5.79. The van der Waals surface area contributed by atoms with E-state index in [1.165, 1.54) is 0 Å². The summed E-state index contributed by atoms with van der Waals surface area (Å²) in [5.41, 5.74) is 13.0. The Morgan fingerprint density at radius 2 is 1.84 bits per heavy atom. The Morgan fingerprint density at radius 3 is 2.47 bits per heavy atom. The second-order valence-electron chi connectivity index (χ2n) is 4.29. The fourth-order valence-electron chi connectivity index (χ4n) is 1.77. The summed E-state index contributed by atoms with van der Waals surface area (Å²) >= 11 is 0. The van der Waals surface area contributed by atoms with Crippen LogP contribution in [0, 0.1) is 0 Å². The van der Waals surface area contributed by atoms with Crippen LogP contribution in [-0.4, -0.2) is 5.91 Å². The highest BCUT2D eigenvalue weighted by atomic mass is 16.5. The number of rotatable bonds is 4. The Kier molecular flexibility index (Phi) is 3.71. The highest BCUT2D eigenvalue weighted by Gasteiger charge is 2.11. The molecule has 0 aliphatic rings. The third-order valence-electron chi connectivity index (χ3n) is 2.87. The first-order chi connectivity index (χ1) is 9.08. The molecule has 4 heteroatoms. The predicted octanol–water partition coefficient (Wildman–Crippen LogP) is 2.51. The maximum atomic E-state index is 11.1. The summed E-state index contributed by atoms with van der Waals surface area (Å²) in [7, 11) is 0. The van der Waals surface area contributed by atoms with Crippen LogP contribution in [0.25, 0.3) is 0 Å². The Hall–Kier alpha value is -2.49. The van der Waals surface area contributed by atoms with Gasteiger partial charge in [0.05, 0.1) is 5.69 Å². The molecule has 0 heterocycles. The van der Waals surface area contributed by atoms with Gasteiger partial charge in [0.15, 0.2) is 0 Å². The van der Waals surface area contributed by atoms with Crippen LogP contribution in [0.15, 0.2) is 48.5 Å². The zero-order chi connectivity index (χ0) is 13.8. The predicted molar refractivity (Wildman–Crippen MR) is 74.9 cm³/mol. The van der Waals surface area contributed by atoms with Gasteiger partial charge in [0.2, 0.25) is 5.91 Å². The zero-order valence-corrected chi connectivity index (χ0v) is 10.7. The average molecular weight is 256 g/mol. The van der Waals surface area contributed by atoms with Crippen molar-refractivity contribution in [3.8, 4) is 5.75 Å². The van der Waals surface area contributed by atoms with E-state index in [-0.39, 0.29) is 6.10 Å². The summed E-state index contributed by atoms with van der Waals surface area (Å²) in [5, 5.41) is 0. The molecule has 0 radical (unpaired) electrons. The van der Waals surface area contributed by atoms with Crippen molar-refractivity contribution in [3.63, 3.8) is 0 Å². The molecule has 98 valence electrons. The summed E-state index contributed by atoms with van der Waals surface area (Å²) in [4.78, 5) is 11.1. The van der Waals surface area contributed by atoms with E-state index < -0.39 is 5.91 Å². The standard InChI is InChI=1S/C15H16N2O2/c1-10(11-5-3-2-4-6-11)19-14-9-12(15(17)18)7-8-13(14)16/h2-10H,16H2,1H3,(H2,17,18). The van der Waals surface area contributed by atoms with Crippen molar-refractivity contribution in [1.29, 1.82) is 0 Å². The maximum absolute atomic E-state index is 11.1. The SMILES string of the molecule is CC(Oc1cc(C(N)=O)ccc1N)c1ccccc1. The van der Waals surface area contributed by atoms with Gasteiger partial charge in [0.1, 0.15) is 11.9 Å². The number of amides is 1. The number of primary amides is 1. The van der Waals surface area contributed by atoms with Gasteiger partial charge in [-0.1, -0.05) is 30.3 Å². The van der Waals surface area contributed by atoms with Crippen LogP contribution in [0.1, 0.15) is 28.9 Å². The number of nitrogen functional groups attached to an aromatic ring is 1. The number of benzene rings is 2. The van der Waals surface area contributed by atoms with Gasteiger partial charge in [-0.15, -0.1) is 0 Å². The Labute approximate surface area is 112 Å². The molecule has 2 rings (SSSR count). The first-order valence-corrected chi connectivity index (χ1v) is 5.99. The third-order valence-corrected chi connectivity index (χ3v) is 2.87. The topological polar surface area (TPSA) is 78.3 Å². The maximum Gasteiger partial charge on any atom is 0.248 e. The van der Waals surface area contributed by atoms with E-state index in [1.807, 2.05) is 37.3 Å². The molecule has 0 saturated heterocycles. The van der Waals surface area contributed by atoms with E-state index in [1.54, 1.807) is 18.2 Å². The van der Waals surface area contributed by atoms with Crippen molar-refractivity contribution >= 4 is 11.6 Å². The normalized spacial score (nSPS) is 11.8. The van der Waals surface area contributed by atoms with Gasteiger partial charge in [-0.3, -0.25) is 4.79 Å². The van der Waals surface area contributed by atoms with Crippen LogP contribution in [-0.2, 0) is 0 Å². The Bertz CT molecular complexity index is 582. The molecule has 2 aromatic rings. The minimum absolute atomic E-state index is 0.161. The van der Waals surface area contributed by atoms with Crippen LogP contribution in [0.5, 0.6) is 5.75 Å². The van der Waals surface area contributed by atoms with Crippen LogP contribution in [0.3, 0.4) is 0 Å². The summed E-state index contributed by atoms with van der Waals surface area (Å²) in [6, 6.07) is 14.5. The lowest BCUT2D eigenvalue weighted by atomic mass is 10.1. The van der Waals surface area contributed by atoms with Gasteiger partial charge < -0.3 is 16.2 Å². The molecule has 0 aromatic heterocycles. The molecule has 0 saturated carbocycles. The van der Waals surface area contributed by atoms with Crippen LogP contribution >= 0.6 is 0 Å². The highest BCUT2D eigenvalue weighted by Crippen LogP contribution is 2.28. The number of hydrogen-bond acceptors (Lipinski definition) is 3. The number of hydrogen-bond donors (Lipinski definition) is 2. The molecule has 0 bridgehead atoms. The van der Waals surface area contributed by atoms with Gasteiger partial charge in [-0.05, 0) is 30.7 Å². The minimum Gasteiger partial charge on any atom is -0.484 e. The lowest BCUT2D eigenvalue weighted by Gasteiger charge is -2.17. The molecule has 0 fully saturated rings. The quantitative estimate of drug-likeness (QED) is 0.825. The smallest absolute Gasteiger partial charge is 0.248 e. The summed E-state index contributed by atoms with van der Waals surface area (Å²) in [6.07, 6.45) is -0.161. The molecule has 0 aliphatic heterocycles. The molecule has 1 amide bonds. The molecule has 0 aliphatic carbocycles. The minimum atomic E-state index is -0.503. The second kappa shape index (κ2) is 5.44. The molecule has 1 unspecified atom stereocenters. The largest absolute Gasteiger partial charge is 0.484 e. The van der Waals surface area contributed by atoms with Gasteiger partial charge >= 0.3 is 0 Å². The van der Waals surface area contributed by atoms with E-state index in [4.69, 9.17) is 16.2 Å². The van der Waals surface area contributed by atoms with Gasteiger partial charge in [0.25, 0.3) is 0 Å². The van der Waals surface area contributed by atoms with E-state index in [2.05, 4.69) is 0 Å². The summed E-state index contributed by atoms with van der Waals surface area (Å²) in [5.74, 6) is -0.0372. The zero-order valence-electron chi connectivity index (χ0n) is 10.7. The van der Waals surface area contributed by atoms with Crippen molar-refractivity contribution < 1.29 is 9.53 Å². The monoisotopic (exact) mass is 256 g/mol. The number of nitrogens with two attached hydrogens (primary N) is 2. The van der Waals surface area contributed by atoms with Crippen LogP contribution in [0.2, 0.25) is 0 Å². The van der Waals surface area contributed by atoms with E-state index in [0.717, 1.165) is 5.56 Å². The molecule has 19 heavy (non-hydrogen) atoms. The van der Waals surface area contributed by atoms with Crippen molar-refractivity contribution in [2.45, 2.75) is 13.0 Å². The molecule has 1 atom stereocenters. The third kappa shape index (κ3) is 3.04. The number of ether oxygens (including phenoxy) is 1. The van der Waals surface area contributed by atoms with Gasteiger partial charge in [0, 0.05) is 5.56 Å². The van der Waals surface area contributed by atoms with Gasteiger partial charge in [-0.25, -0.2) is 0 Å². The van der Waals surface area contributed by atoms with Crippen LogP contribution < -0.4 is 16.2 Å². The Balaban J connectivity index is 2.23.